The van der Waals surface area contributed by atoms with Gasteiger partial charge in [-0.3, -0.25) is 4.79 Å². The third-order valence-corrected chi connectivity index (χ3v) is 6.18. The van der Waals surface area contributed by atoms with E-state index in [4.69, 9.17) is 5.11 Å². The van der Waals surface area contributed by atoms with Crippen LogP contribution in [0, 0.1) is 5.92 Å². The minimum Gasteiger partial charge on any atom is -0.481 e. The summed E-state index contributed by atoms with van der Waals surface area (Å²) in [5.41, 5.74) is 1.19. The number of benzene rings is 1. The Hall–Kier alpha value is -1.40. The normalized spacial score (nSPS) is 23.9. The maximum Gasteiger partial charge on any atom is 0.307 e. The zero-order chi connectivity index (χ0) is 15.0. The monoisotopic (exact) mass is 309 g/mol. The van der Waals surface area contributed by atoms with Gasteiger partial charge in [0.25, 0.3) is 0 Å². The number of hydrogen-bond donors (Lipinski definition) is 1. The molecule has 0 aromatic heterocycles. The minimum atomic E-state index is -3.58. The van der Waals surface area contributed by atoms with Gasteiger partial charge in [0, 0.05) is 13.1 Å². The highest BCUT2D eigenvalue weighted by Crippen LogP contribution is 2.40. The van der Waals surface area contributed by atoms with Crippen LogP contribution in [0.3, 0.4) is 0 Å². The van der Waals surface area contributed by atoms with Gasteiger partial charge >= 0.3 is 5.97 Å². The van der Waals surface area contributed by atoms with Gasteiger partial charge in [0.15, 0.2) is 0 Å². The van der Waals surface area contributed by atoms with Crippen LogP contribution in [0.2, 0.25) is 0 Å². The Morgan fingerprint density at radius 3 is 2.38 bits per heavy atom. The standard InChI is InChI=1S/C15H19NO4S/c17-15(18)13-2-1-9-16(10-13)21(19,20)14-7-5-12(6-8-14)11-3-4-11/h5-8,11,13H,1-4,9-10H2,(H,17,18). The van der Waals surface area contributed by atoms with E-state index in [1.54, 1.807) is 12.1 Å². The number of carboxylic acid groups (broad SMARTS) is 1. The lowest BCUT2D eigenvalue weighted by atomic mass is 10.0. The highest BCUT2D eigenvalue weighted by Gasteiger charge is 2.33. The molecule has 1 saturated heterocycles. The van der Waals surface area contributed by atoms with Crippen LogP contribution in [0.15, 0.2) is 29.2 Å². The third kappa shape index (κ3) is 2.96. The summed E-state index contributed by atoms with van der Waals surface area (Å²) < 4.78 is 26.5. The summed E-state index contributed by atoms with van der Waals surface area (Å²) in [5, 5.41) is 9.08. The van der Waals surface area contributed by atoms with Crippen molar-refractivity contribution in [2.45, 2.75) is 36.5 Å². The van der Waals surface area contributed by atoms with Gasteiger partial charge in [-0.25, -0.2) is 8.42 Å². The molecule has 0 radical (unpaired) electrons. The maximum atomic E-state index is 12.6. The van der Waals surface area contributed by atoms with Gasteiger partial charge in [0.1, 0.15) is 0 Å². The van der Waals surface area contributed by atoms with Gasteiger partial charge in [-0.15, -0.1) is 0 Å². The highest BCUT2D eigenvalue weighted by molar-refractivity contribution is 7.89. The lowest BCUT2D eigenvalue weighted by Crippen LogP contribution is -2.42. The van der Waals surface area contributed by atoms with Gasteiger partial charge in [0.2, 0.25) is 10.0 Å². The minimum absolute atomic E-state index is 0.0715. The van der Waals surface area contributed by atoms with Crippen molar-refractivity contribution in [3.63, 3.8) is 0 Å². The molecule has 21 heavy (non-hydrogen) atoms. The second-order valence-corrected chi connectivity index (χ2v) is 7.82. The van der Waals surface area contributed by atoms with Crippen molar-refractivity contribution >= 4 is 16.0 Å². The molecule has 1 aromatic carbocycles. The molecule has 1 aliphatic heterocycles. The van der Waals surface area contributed by atoms with Crippen LogP contribution in [-0.2, 0) is 14.8 Å². The SMILES string of the molecule is O=C(O)C1CCCN(S(=O)(=O)c2ccc(C3CC3)cc2)C1. The molecule has 2 aliphatic rings. The predicted molar refractivity (Wildman–Crippen MR) is 77.5 cm³/mol. The van der Waals surface area contributed by atoms with Gasteiger partial charge in [-0.05, 0) is 49.3 Å². The second-order valence-electron chi connectivity index (χ2n) is 5.88. The van der Waals surface area contributed by atoms with Crippen LogP contribution >= 0.6 is 0 Å². The van der Waals surface area contributed by atoms with Crippen molar-refractivity contribution in [1.82, 2.24) is 4.31 Å². The lowest BCUT2D eigenvalue weighted by molar-refractivity contribution is -0.142. The smallest absolute Gasteiger partial charge is 0.307 e. The Labute approximate surface area is 124 Å². The van der Waals surface area contributed by atoms with E-state index in [0.29, 0.717) is 25.3 Å². The fourth-order valence-corrected chi connectivity index (χ4v) is 4.36. The summed E-state index contributed by atoms with van der Waals surface area (Å²) in [6, 6.07) is 7.05. The van der Waals surface area contributed by atoms with E-state index >= 15 is 0 Å². The van der Waals surface area contributed by atoms with Crippen LogP contribution in [0.5, 0.6) is 0 Å². The third-order valence-electron chi connectivity index (χ3n) is 4.30. The molecule has 3 rings (SSSR count). The van der Waals surface area contributed by atoms with Crippen molar-refractivity contribution in [2.75, 3.05) is 13.1 Å². The van der Waals surface area contributed by atoms with Crippen molar-refractivity contribution in [2.24, 2.45) is 5.92 Å². The van der Waals surface area contributed by atoms with Gasteiger partial charge in [-0.1, -0.05) is 12.1 Å². The number of hydrogen-bond acceptors (Lipinski definition) is 3. The first kappa shape index (κ1) is 14.5. The summed E-state index contributed by atoms with van der Waals surface area (Å²) >= 11 is 0. The zero-order valence-electron chi connectivity index (χ0n) is 11.7. The van der Waals surface area contributed by atoms with E-state index in [9.17, 15) is 13.2 Å². The highest BCUT2D eigenvalue weighted by atomic mass is 32.2. The summed E-state index contributed by atoms with van der Waals surface area (Å²) in [5.74, 6) is -0.925. The predicted octanol–water partition coefficient (Wildman–Crippen LogP) is 2.05. The molecule has 1 aliphatic carbocycles. The fraction of sp³-hybridized carbons (Fsp3) is 0.533. The van der Waals surface area contributed by atoms with E-state index in [-0.39, 0.29) is 11.4 Å². The number of nitrogens with zero attached hydrogens (tertiary/aromatic N) is 1. The molecule has 0 bridgehead atoms. The van der Waals surface area contributed by atoms with Crippen LogP contribution < -0.4 is 0 Å². The van der Waals surface area contributed by atoms with Crippen molar-refractivity contribution in [3.05, 3.63) is 29.8 Å². The molecule has 1 unspecified atom stereocenters. The largest absolute Gasteiger partial charge is 0.481 e. The first-order valence-corrected chi connectivity index (χ1v) is 8.75. The molecule has 0 spiro atoms. The molecular formula is C15H19NO4S. The number of sulfonamides is 1. The topological polar surface area (TPSA) is 74.7 Å². The van der Waals surface area contributed by atoms with Crippen molar-refractivity contribution in [3.8, 4) is 0 Å². The molecule has 114 valence electrons. The maximum absolute atomic E-state index is 12.6. The number of carbonyl (C=O) groups is 1. The van der Waals surface area contributed by atoms with Crippen LogP contribution in [0.4, 0.5) is 0 Å². The number of rotatable bonds is 4. The second kappa shape index (κ2) is 5.42. The van der Waals surface area contributed by atoms with Crippen LogP contribution in [-0.4, -0.2) is 36.9 Å². The average molecular weight is 309 g/mol. The number of carboxylic acids is 1. The van der Waals surface area contributed by atoms with Gasteiger partial charge in [0.05, 0.1) is 10.8 Å². The molecule has 1 atom stereocenters. The van der Waals surface area contributed by atoms with Crippen LogP contribution in [0.1, 0.15) is 37.2 Å². The van der Waals surface area contributed by atoms with E-state index in [0.717, 1.165) is 0 Å². The summed E-state index contributed by atoms with van der Waals surface area (Å²) in [6.45, 7) is 0.471. The molecule has 2 fully saturated rings. The van der Waals surface area contributed by atoms with Crippen LogP contribution in [0.25, 0.3) is 0 Å². The molecule has 5 nitrogen and oxygen atoms in total. The lowest BCUT2D eigenvalue weighted by Gasteiger charge is -2.29. The van der Waals surface area contributed by atoms with Crippen molar-refractivity contribution in [1.29, 1.82) is 0 Å². The molecule has 6 heteroatoms. The Balaban J connectivity index is 1.80. The molecule has 1 heterocycles. The molecule has 0 amide bonds. The average Bonchev–Trinajstić information content (AvgIpc) is 3.32. The van der Waals surface area contributed by atoms with E-state index in [1.807, 2.05) is 12.1 Å². The zero-order valence-corrected chi connectivity index (χ0v) is 12.6. The molecule has 1 N–H and O–H groups in total. The summed E-state index contributed by atoms with van der Waals surface area (Å²) in [7, 11) is -3.58. The number of aliphatic carboxylic acids is 1. The Kier molecular flexibility index (Phi) is 3.75. The Morgan fingerprint density at radius 2 is 1.81 bits per heavy atom. The Bertz CT molecular complexity index is 634. The summed E-state index contributed by atoms with van der Waals surface area (Å²) in [6.07, 6.45) is 3.50. The summed E-state index contributed by atoms with van der Waals surface area (Å²) in [4.78, 5) is 11.3. The first-order valence-electron chi connectivity index (χ1n) is 7.31. The fourth-order valence-electron chi connectivity index (χ4n) is 2.84. The number of piperidine rings is 1. The van der Waals surface area contributed by atoms with E-state index in [1.165, 1.54) is 22.7 Å². The van der Waals surface area contributed by atoms with E-state index in [2.05, 4.69) is 0 Å². The first-order chi connectivity index (χ1) is 9.98. The Morgan fingerprint density at radius 1 is 1.14 bits per heavy atom. The quantitative estimate of drug-likeness (QED) is 0.923. The molecule has 1 aromatic rings. The molecular weight excluding hydrogens is 290 g/mol. The van der Waals surface area contributed by atoms with Gasteiger partial charge < -0.3 is 5.11 Å². The van der Waals surface area contributed by atoms with Gasteiger partial charge in [-0.2, -0.15) is 4.31 Å². The van der Waals surface area contributed by atoms with E-state index < -0.39 is 21.9 Å². The van der Waals surface area contributed by atoms with Crippen molar-refractivity contribution < 1.29 is 18.3 Å². The molecule has 1 saturated carbocycles.